The summed E-state index contributed by atoms with van der Waals surface area (Å²) in [4.78, 5) is 16.5. The number of rotatable bonds is 6. The Kier molecular flexibility index (Phi) is 5.43. The Morgan fingerprint density at radius 1 is 1.35 bits per heavy atom. The van der Waals surface area contributed by atoms with Gasteiger partial charge in [0.1, 0.15) is 0 Å². The van der Waals surface area contributed by atoms with Crippen LogP contribution in [0.4, 0.5) is 10.8 Å². The molecule has 1 atom stereocenters. The number of carbonyl (C=O) groups excluding carboxylic acids is 1. The van der Waals surface area contributed by atoms with Gasteiger partial charge in [-0.05, 0) is 30.9 Å². The second-order valence-corrected chi connectivity index (χ2v) is 9.21. The van der Waals surface area contributed by atoms with E-state index in [1.54, 1.807) is 12.1 Å². The molecule has 0 bridgehead atoms. The molecule has 1 unspecified atom stereocenters. The minimum absolute atomic E-state index is 0.0208. The summed E-state index contributed by atoms with van der Waals surface area (Å²) >= 11 is 1.38. The van der Waals surface area contributed by atoms with Crippen molar-refractivity contribution in [2.24, 2.45) is 5.92 Å². The van der Waals surface area contributed by atoms with Gasteiger partial charge >= 0.3 is 0 Å². The fourth-order valence-corrected chi connectivity index (χ4v) is 4.01. The van der Waals surface area contributed by atoms with Crippen molar-refractivity contribution in [1.82, 2.24) is 4.98 Å². The Balaban J connectivity index is 1.65. The molecule has 26 heavy (non-hydrogen) atoms. The zero-order valence-corrected chi connectivity index (χ0v) is 16.3. The molecule has 0 fully saturated rings. The first-order valence-electron chi connectivity index (χ1n) is 8.29. The number of nitrogens with one attached hydrogen (secondary N) is 1. The van der Waals surface area contributed by atoms with E-state index in [-0.39, 0.29) is 5.91 Å². The van der Waals surface area contributed by atoms with Gasteiger partial charge in [-0.25, -0.2) is 13.4 Å². The monoisotopic (exact) mass is 391 g/mol. The summed E-state index contributed by atoms with van der Waals surface area (Å²) in [6.07, 6.45) is 7.94. The lowest BCUT2D eigenvalue weighted by Crippen LogP contribution is -2.24. The molecule has 0 saturated carbocycles. The van der Waals surface area contributed by atoms with E-state index in [0.29, 0.717) is 23.2 Å². The molecule has 6 nitrogen and oxygen atoms in total. The number of hydrogen-bond donors (Lipinski definition) is 1. The number of thiazole rings is 1. The van der Waals surface area contributed by atoms with E-state index < -0.39 is 10.0 Å². The van der Waals surface area contributed by atoms with Crippen molar-refractivity contribution in [2.45, 2.75) is 19.3 Å². The number of benzene rings is 1. The van der Waals surface area contributed by atoms with Crippen molar-refractivity contribution < 1.29 is 13.2 Å². The second kappa shape index (κ2) is 7.59. The number of allylic oxidation sites excluding steroid dienone is 2. The minimum Gasteiger partial charge on any atom is -0.302 e. The van der Waals surface area contributed by atoms with Gasteiger partial charge in [-0.15, -0.1) is 11.3 Å². The molecule has 0 spiro atoms. The number of carbonyl (C=O) groups is 1. The highest BCUT2D eigenvalue weighted by atomic mass is 32.2. The maximum absolute atomic E-state index is 12.1. The molecule has 3 rings (SSSR count). The summed E-state index contributed by atoms with van der Waals surface area (Å²) in [6, 6.07) is 7.11. The van der Waals surface area contributed by atoms with Crippen LogP contribution >= 0.6 is 11.3 Å². The van der Waals surface area contributed by atoms with Crippen LogP contribution in [0.15, 0.2) is 41.8 Å². The molecule has 1 amide bonds. The molecule has 0 aliphatic heterocycles. The van der Waals surface area contributed by atoms with Crippen molar-refractivity contribution >= 4 is 38.1 Å². The molecule has 2 aromatic rings. The van der Waals surface area contributed by atoms with Gasteiger partial charge in [-0.1, -0.05) is 24.3 Å². The Morgan fingerprint density at radius 3 is 2.69 bits per heavy atom. The summed E-state index contributed by atoms with van der Waals surface area (Å²) in [7, 11) is -1.77. The van der Waals surface area contributed by atoms with E-state index in [4.69, 9.17) is 0 Å². The smallest absolute Gasteiger partial charge is 0.231 e. The number of amides is 1. The zero-order valence-electron chi connectivity index (χ0n) is 14.7. The maximum Gasteiger partial charge on any atom is 0.231 e. The van der Waals surface area contributed by atoms with Crippen molar-refractivity contribution in [3.63, 3.8) is 0 Å². The fraction of sp³-hybridized carbons (Fsp3) is 0.333. The van der Waals surface area contributed by atoms with Crippen LogP contribution in [0.2, 0.25) is 0 Å². The minimum atomic E-state index is -3.29. The van der Waals surface area contributed by atoms with E-state index in [0.717, 1.165) is 30.4 Å². The van der Waals surface area contributed by atoms with Crippen LogP contribution in [-0.2, 0) is 14.8 Å². The van der Waals surface area contributed by atoms with Crippen LogP contribution in [-0.4, -0.2) is 32.6 Å². The highest BCUT2D eigenvalue weighted by molar-refractivity contribution is 7.92. The van der Waals surface area contributed by atoms with E-state index in [1.807, 2.05) is 17.5 Å². The summed E-state index contributed by atoms with van der Waals surface area (Å²) in [5, 5.41) is 5.30. The number of anilines is 2. The van der Waals surface area contributed by atoms with E-state index >= 15 is 0 Å². The number of sulfonamides is 1. The second-order valence-electron chi connectivity index (χ2n) is 6.33. The van der Waals surface area contributed by atoms with Gasteiger partial charge in [0.25, 0.3) is 0 Å². The Morgan fingerprint density at radius 2 is 2.08 bits per heavy atom. The van der Waals surface area contributed by atoms with Gasteiger partial charge in [0.2, 0.25) is 15.9 Å². The third kappa shape index (κ3) is 4.50. The standard InChI is InChI=1S/C18H21N3O3S2/c1-21(26(2,23)24)15-9-7-14(8-10-15)16-12-25-18(19-16)20-17(22)11-13-5-3-4-6-13/h3,5,7-10,12-13H,4,6,11H2,1-2H3,(H,19,20,22). The third-order valence-corrected chi connectivity index (χ3v) is 6.30. The van der Waals surface area contributed by atoms with Gasteiger partial charge in [-0.3, -0.25) is 9.10 Å². The predicted octanol–water partition coefficient (Wildman–Crippen LogP) is 3.50. The SMILES string of the molecule is CN(c1ccc(-c2csc(NC(=O)CC3C=CCC3)n2)cc1)S(C)(=O)=O. The Hall–Kier alpha value is -2.19. The van der Waals surface area contributed by atoms with Gasteiger partial charge < -0.3 is 5.32 Å². The molecular formula is C18H21N3O3S2. The molecule has 1 aliphatic rings. The van der Waals surface area contributed by atoms with Gasteiger partial charge in [0.15, 0.2) is 5.13 Å². The number of nitrogens with zero attached hydrogens (tertiary/aromatic N) is 2. The fourth-order valence-electron chi connectivity index (χ4n) is 2.77. The van der Waals surface area contributed by atoms with Gasteiger partial charge in [0, 0.05) is 24.4 Å². The van der Waals surface area contributed by atoms with Crippen molar-refractivity contribution in [3.05, 3.63) is 41.8 Å². The molecule has 1 aromatic heterocycles. The van der Waals surface area contributed by atoms with Crippen LogP contribution in [0.1, 0.15) is 19.3 Å². The average Bonchev–Trinajstić information content (AvgIpc) is 3.25. The topological polar surface area (TPSA) is 79.4 Å². The van der Waals surface area contributed by atoms with Crippen LogP contribution in [0, 0.1) is 5.92 Å². The normalized spacial score (nSPS) is 16.6. The van der Waals surface area contributed by atoms with Crippen LogP contribution in [0.3, 0.4) is 0 Å². The van der Waals surface area contributed by atoms with Crippen LogP contribution in [0.5, 0.6) is 0 Å². The van der Waals surface area contributed by atoms with Gasteiger partial charge in [0.05, 0.1) is 17.6 Å². The first kappa shape index (κ1) is 18.6. The van der Waals surface area contributed by atoms with Gasteiger partial charge in [-0.2, -0.15) is 0 Å². The summed E-state index contributed by atoms with van der Waals surface area (Å²) in [5.74, 6) is 0.307. The average molecular weight is 392 g/mol. The lowest BCUT2D eigenvalue weighted by atomic mass is 10.1. The lowest BCUT2D eigenvalue weighted by Gasteiger charge is -2.16. The largest absolute Gasteiger partial charge is 0.302 e. The van der Waals surface area contributed by atoms with E-state index in [1.165, 1.54) is 22.7 Å². The zero-order chi connectivity index (χ0) is 18.7. The number of aromatic nitrogens is 1. The third-order valence-electron chi connectivity index (χ3n) is 4.33. The van der Waals surface area contributed by atoms with Crippen LogP contribution < -0.4 is 9.62 Å². The predicted molar refractivity (Wildman–Crippen MR) is 106 cm³/mol. The summed E-state index contributed by atoms with van der Waals surface area (Å²) in [5.41, 5.74) is 2.20. The maximum atomic E-state index is 12.1. The summed E-state index contributed by atoms with van der Waals surface area (Å²) in [6.45, 7) is 0. The highest BCUT2D eigenvalue weighted by Crippen LogP contribution is 2.28. The van der Waals surface area contributed by atoms with E-state index in [2.05, 4.69) is 22.5 Å². The van der Waals surface area contributed by atoms with Crippen molar-refractivity contribution in [3.8, 4) is 11.3 Å². The molecule has 1 heterocycles. The first-order chi connectivity index (χ1) is 12.3. The Labute approximate surface area is 157 Å². The molecule has 1 aromatic carbocycles. The molecule has 0 radical (unpaired) electrons. The molecular weight excluding hydrogens is 370 g/mol. The highest BCUT2D eigenvalue weighted by Gasteiger charge is 2.16. The van der Waals surface area contributed by atoms with Crippen LogP contribution in [0.25, 0.3) is 11.3 Å². The van der Waals surface area contributed by atoms with E-state index in [9.17, 15) is 13.2 Å². The molecule has 138 valence electrons. The number of hydrogen-bond acceptors (Lipinski definition) is 5. The quantitative estimate of drug-likeness (QED) is 0.765. The lowest BCUT2D eigenvalue weighted by molar-refractivity contribution is -0.116. The molecule has 8 heteroatoms. The Bertz CT molecular complexity index is 917. The molecule has 1 aliphatic carbocycles. The van der Waals surface area contributed by atoms with Crippen molar-refractivity contribution in [2.75, 3.05) is 22.9 Å². The summed E-state index contributed by atoms with van der Waals surface area (Å²) < 4.78 is 24.4. The molecule has 0 saturated heterocycles. The first-order valence-corrected chi connectivity index (χ1v) is 11.0. The molecule has 1 N–H and O–H groups in total. The van der Waals surface area contributed by atoms with Crippen molar-refractivity contribution in [1.29, 1.82) is 0 Å².